The highest BCUT2D eigenvalue weighted by molar-refractivity contribution is 7.26. The van der Waals surface area contributed by atoms with Crippen LogP contribution in [0.5, 0.6) is 0 Å². The predicted molar refractivity (Wildman–Crippen MR) is 145 cm³/mol. The van der Waals surface area contributed by atoms with Gasteiger partial charge in [0.05, 0.1) is 15.7 Å². The fraction of sp³-hybridized carbons (Fsp3) is 0. The van der Waals surface area contributed by atoms with E-state index in [1.54, 1.807) is 0 Å². The third kappa shape index (κ3) is 2.42. The normalized spacial score (nSPS) is 12.1. The Morgan fingerprint density at radius 1 is 0.735 bits per heavy atom. The van der Waals surface area contributed by atoms with Crippen LogP contribution in [0.4, 0.5) is 0 Å². The highest BCUT2D eigenvalue weighted by atomic mass is 32.1. The van der Waals surface area contributed by atoms with Crippen molar-refractivity contribution in [3.05, 3.63) is 109 Å². The summed E-state index contributed by atoms with van der Waals surface area (Å²) in [6, 6.07) is 37.8. The molecule has 0 aliphatic heterocycles. The van der Waals surface area contributed by atoms with Gasteiger partial charge < -0.3 is 0 Å². The van der Waals surface area contributed by atoms with Crippen molar-refractivity contribution in [1.82, 2.24) is 9.38 Å². The largest absolute Gasteiger partial charge is 0.298 e. The molecule has 0 amide bonds. The molecule has 3 heteroatoms. The van der Waals surface area contributed by atoms with Gasteiger partial charge in [-0.3, -0.25) is 4.40 Å². The van der Waals surface area contributed by atoms with Crippen molar-refractivity contribution < 1.29 is 0 Å². The fourth-order valence-corrected chi connectivity index (χ4v) is 6.60. The average molecular weight is 450 g/mol. The molecule has 8 rings (SSSR count). The molecule has 0 saturated heterocycles. The van der Waals surface area contributed by atoms with Crippen LogP contribution in [0.2, 0.25) is 0 Å². The van der Waals surface area contributed by atoms with Crippen molar-refractivity contribution in [2.75, 3.05) is 0 Å². The van der Waals surface area contributed by atoms with Gasteiger partial charge in [-0.15, -0.1) is 11.3 Å². The smallest absolute Gasteiger partial charge is 0.156 e. The van der Waals surface area contributed by atoms with Crippen LogP contribution in [0.1, 0.15) is 0 Å². The van der Waals surface area contributed by atoms with E-state index in [-0.39, 0.29) is 0 Å². The first kappa shape index (κ1) is 18.2. The number of aromatic nitrogens is 2. The van der Waals surface area contributed by atoms with Crippen molar-refractivity contribution in [3.8, 4) is 11.1 Å². The van der Waals surface area contributed by atoms with Crippen molar-refractivity contribution >= 4 is 69.7 Å². The zero-order chi connectivity index (χ0) is 22.2. The number of fused-ring (bicyclic) bond motifs is 9. The summed E-state index contributed by atoms with van der Waals surface area (Å²) in [5, 5.41) is 7.58. The highest BCUT2D eigenvalue weighted by Gasteiger charge is 2.18. The molecule has 1 radical (unpaired) electrons. The van der Waals surface area contributed by atoms with Gasteiger partial charge in [-0.2, -0.15) is 0 Å². The van der Waals surface area contributed by atoms with Gasteiger partial charge in [0.2, 0.25) is 0 Å². The lowest BCUT2D eigenvalue weighted by molar-refractivity contribution is 1.25. The monoisotopic (exact) mass is 449 g/mol. The Morgan fingerprint density at radius 2 is 1.50 bits per heavy atom. The molecule has 8 aromatic rings. The number of rotatable bonds is 1. The Bertz CT molecular complexity index is 2060. The Hall–Kier alpha value is -4.21. The second kappa shape index (κ2) is 6.66. The molecule has 0 aliphatic carbocycles. The third-order valence-electron chi connectivity index (χ3n) is 6.90. The Morgan fingerprint density at radius 3 is 2.35 bits per heavy atom. The minimum atomic E-state index is 1.03. The van der Waals surface area contributed by atoms with Crippen LogP contribution in [0.3, 0.4) is 0 Å². The molecule has 34 heavy (non-hydrogen) atoms. The number of hydrogen-bond acceptors (Lipinski definition) is 2. The maximum absolute atomic E-state index is 5.13. The minimum Gasteiger partial charge on any atom is -0.298 e. The van der Waals surface area contributed by atoms with Crippen molar-refractivity contribution in [2.45, 2.75) is 0 Å². The molecule has 157 valence electrons. The molecule has 0 fully saturated rings. The summed E-state index contributed by atoms with van der Waals surface area (Å²) in [5.41, 5.74) is 5.73. The zero-order valence-electron chi connectivity index (χ0n) is 18.1. The summed E-state index contributed by atoms with van der Waals surface area (Å²) >= 11 is 1.84. The second-order valence-electron chi connectivity index (χ2n) is 8.79. The van der Waals surface area contributed by atoms with Crippen LogP contribution in [0.25, 0.3) is 69.5 Å². The summed E-state index contributed by atoms with van der Waals surface area (Å²) in [4.78, 5) is 5.13. The topological polar surface area (TPSA) is 17.3 Å². The SMILES string of the molecule is [c]1ccc(-c2c3ccccc3cc3sc4c(ccn5c6cc7ccccc7cc6nc45)c23)cc1. The van der Waals surface area contributed by atoms with Gasteiger partial charge in [0.1, 0.15) is 0 Å². The molecule has 0 aliphatic rings. The van der Waals surface area contributed by atoms with E-state index in [4.69, 9.17) is 4.98 Å². The predicted octanol–water partition coefficient (Wildman–Crippen LogP) is 8.63. The van der Waals surface area contributed by atoms with Gasteiger partial charge in [0.25, 0.3) is 0 Å². The third-order valence-corrected chi connectivity index (χ3v) is 8.04. The van der Waals surface area contributed by atoms with Crippen LogP contribution < -0.4 is 0 Å². The Balaban J connectivity index is 1.56. The highest BCUT2D eigenvalue weighted by Crippen LogP contribution is 2.45. The number of thiophene rings is 1. The first-order chi connectivity index (χ1) is 16.8. The van der Waals surface area contributed by atoms with Crippen molar-refractivity contribution in [2.24, 2.45) is 0 Å². The van der Waals surface area contributed by atoms with E-state index in [9.17, 15) is 0 Å². The number of nitrogens with zero attached hydrogens (tertiary/aromatic N) is 2. The lowest BCUT2D eigenvalue weighted by atomic mass is 9.93. The van der Waals surface area contributed by atoms with Gasteiger partial charge in [0, 0.05) is 21.7 Å². The van der Waals surface area contributed by atoms with E-state index in [0.29, 0.717) is 0 Å². The summed E-state index contributed by atoms with van der Waals surface area (Å²) in [6.45, 7) is 0. The molecule has 0 spiro atoms. The quantitative estimate of drug-likeness (QED) is 0.245. The van der Waals surface area contributed by atoms with Crippen LogP contribution in [-0.2, 0) is 0 Å². The number of benzene rings is 5. The zero-order valence-corrected chi connectivity index (χ0v) is 18.9. The van der Waals surface area contributed by atoms with Crippen molar-refractivity contribution in [1.29, 1.82) is 0 Å². The molecular weight excluding hydrogens is 432 g/mol. The summed E-state index contributed by atoms with van der Waals surface area (Å²) in [6.07, 6.45) is 2.19. The summed E-state index contributed by atoms with van der Waals surface area (Å²) in [5.74, 6) is 0. The summed E-state index contributed by atoms with van der Waals surface area (Å²) in [7, 11) is 0. The van der Waals surface area contributed by atoms with E-state index in [1.807, 2.05) is 23.5 Å². The molecule has 0 saturated carbocycles. The van der Waals surface area contributed by atoms with Gasteiger partial charge in [-0.1, -0.05) is 72.8 Å². The maximum Gasteiger partial charge on any atom is 0.156 e. The first-order valence-corrected chi connectivity index (χ1v) is 12.2. The van der Waals surface area contributed by atoms with Crippen molar-refractivity contribution in [3.63, 3.8) is 0 Å². The second-order valence-corrected chi connectivity index (χ2v) is 9.84. The van der Waals surface area contributed by atoms with Gasteiger partial charge in [-0.25, -0.2) is 4.98 Å². The van der Waals surface area contributed by atoms with Gasteiger partial charge >= 0.3 is 0 Å². The Kier molecular flexibility index (Phi) is 3.57. The molecule has 0 N–H and O–H groups in total. The van der Waals surface area contributed by atoms with Crippen LogP contribution >= 0.6 is 11.3 Å². The lowest BCUT2D eigenvalue weighted by Gasteiger charge is -2.10. The van der Waals surface area contributed by atoms with Crippen LogP contribution in [0, 0.1) is 6.07 Å². The van der Waals surface area contributed by atoms with E-state index >= 15 is 0 Å². The van der Waals surface area contributed by atoms with E-state index in [2.05, 4.69) is 102 Å². The van der Waals surface area contributed by atoms with Crippen LogP contribution in [0.15, 0.2) is 103 Å². The standard InChI is InChI=1S/C31H17N2S/c1-2-8-19(9-3-1)28-23-13-7-6-12-22(23)18-27-29(28)24-14-15-33-26-17-21-11-5-4-10-20(21)16-25(26)32-31(33)30(24)34-27/h2-18H. The molecule has 0 atom stereocenters. The minimum absolute atomic E-state index is 1.03. The number of hydrogen-bond donors (Lipinski definition) is 0. The summed E-state index contributed by atoms with van der Waals surface area (Å²) < 4.78 is 4.77. The van der Waals surface area contributed by atoms with Gasteiger partial charge in [-0.05, 0) is 63.0 Å². The van der Waals surface area contributed by atoms with E-state index < -0.39 is 0 Å². The molecule has 5 aromatic carbocycles. The molecule has 0 bridgehead atoms. The molecule has 3 aromatic heterocycles. The van der Waals surface area contributed by atoms with E-state index in [0.717, 1.165) is 16.7 Å². The number of pyridine rings is 1. The van der Waals surface area contributed by atoms with Crippen LogP contribution in [-0.4, -0.2) is 9.38 Å². The molecular formula is C31H17N2S. The maximum atomic E-state index is 5.13. The Labute approximate surface area is 199 Å². The van der Waals surface area contributed by atoms with Gasteiger partial charge in [0.15, 0.2) is 5.65 Å². The fourth-order valence-electron chi connectivity index (χ4n) is 5.37. The molecule has 3 heterocycles. The lowest BCUT2D eigenvalue weighted by Crippen LogP contribution is -1.85. The van der Waals surface area contributed by atoms with E-state index in [1.165, 1.54) is 52.8 Å². The first-order valence-electron chi connectivity index (χ1n) is 11.4. The number of imidazole rings is 1. The average Bonchev–Trinajstić information content (AvgIpc) is 3.44. The molecule has 2 nitrogen and oxygen atoms in total. The molecule has 0 unspecified atom stereocenters.